The van der Waals surface area contributed by atoms with Gasteiger partial charge in [-0.05, 0) is 13.8 Å². The van der Waals surface area contributed by atoms with Crippen molar-refractivity contribution in [2.45, 2.75) is 19.4 Å². The van der Waals surface area contributed by atoms with Crippen LogP contribution >= 0.6 is 12.2 Å². The number of nitrogens with one attached hydrogen (secondary N) is 1. The van der Waals surface area contributed by atoms with E-state index in [2.05, 4.69) is 16.9 Å². The highest BCUT2D eigenvalue weighted by Gasteiger charge is 2.25. The Morgan fingerprint density at radius 1 is 1.55 bits per heavy atom. The number of thiocarbonyl (C=S) groups is 1. The summed E-state index contributed by atoms with van der Waals surface area (Å²) in [7, 11) is -3.74. The van der Waals surface area contributed by atoms with Gasteiger partial charge in [-0.15, -0.1) is 0 Å². The number of rotatable bonds is 3. The van der Waals surface area contributed by atoms with E-state index in [9.17, 15) is 8.42 Å². The molecule has 0 aliphatic heterocycles. The minimum atomic E-state index is -3.74. The van der Waals surface area contributed by atoms with Crippen LogP contribution < -0.4 is 15.6 Å². The second-order valence-electron chi connectivity index (χ2n) is 2.64. The number of hydrogen-bond acceptors (Lipinski definition) is 3. The molecule has 0 aromatic heterocycles. The Kier molecular flexibility index (Phi) is 2.95. The van der Waals surface area contributed by atoms with E-state index >= 15 is 0 Å². The summed E-state index contributed by atoms with van der Waals surface area (Å²) < 4.78 is 23.1. The van der Waals surface area contributed by atoms with Crippen LogP contribution in [0, 0.1) is 0 Å². The standard InChI is InChI=1S/C4H11N3O2S2/c1-4(2,3(5)10)7-11(6,8)9/h7H,1-2H3,(H2,5,10)(H2,6,8,9). The molecule has 66 valence electrons. The van der Waals surface area contributed by atoms with Crippen LogP contribution in [0.5, 0.6) is 0 Å². The van der Waals surface area contributed by atoms with E-state index in [0.717, 1.165) is 0 Å². The second-order valence-corrected chi connectivity index (χ2v) is 4.37. The van der Waals surface area contributed by atoms with Crippen LogP contribution in [-0.4, -0.2) is 18.9 Å². The molecule has 0 heterocycles. The van der Waals surface area contributed by atoms with Gasteiger partial charge in [-0.1, -0.05) is 12.2 Å². The lowest BCUT2D eigenvalue weighted by atomic mass is 10.1. The molecule has 0 spiro atoms. The van der Waals surface area contributed by atoms with E-state index in [1.807, 2.05) is 0 Å². The van der Waals surface area contributed by atoms with E-state index in [0.29, 0.717) is 0 Å². The van der Waals surface area contributed by atoms with Crippen LogP contribution in [0.2, 0.25) is 0 Å². The fourth-order valence-corrected chi connectivity index (χ4v) is 1.34. The largest absolute Gasteiger partial charge is 0.392 e. The molecular weight excluding hydrogens is 186 g/mol. The summed E-state index contributed by atoms with van der Waals surface area (Å²) in [5.74, 6) is 0. The van der Waals surface area contributed by atoms with Crippen LogP contribution in [0.1, 0.15) is 13.8 Å². The highest BCUT2D eigenvalue weighted by molar-refractivity contribution is 7.87. The van der Waals surface area contributed by atoms with Crippen LogP contribution in [0.25, 0.3) is 0 Å². The van der Waals surface area contributed by atoms with E-state index in [1.54, 1.807) is 0 Å². The molecular formula is C4H11N3O2S2. The lowest BCUT2D eigenvalue weighted by molar-refractivity contribution is 0.547. The summed E-state index contributed by atoms with van der Waals surface area (Å²) in [6.45, 7) is 3.06. The third-order valence-electron chi connectivity index (χ3n) is 1.01. The zero-order valence-corrected chi connectivity index (χ0v) is 7.92. The maximum atomic E-state index is 10.5. The summed E-state index contributed by atoms with van der Waals surface area (Å²) in [6, 6.07) is 0. The van der Waals surface area contributed by atoms with Crippen molar-refractivity contribution < 1.29 is 8.42 Å². The smallest absolute Gasteiger partial charge is 0.275 e. The first-order valence-electron chi connectivity index (χ1n) is 2.77. The Labute approximate surface area is 71.3 Å². The van der Waals surface area contributed by atoms with Crippen molar-refractivity contribution in [3.8, 4) is 0 Å². The molecule has 0 fully saturated rings. The fourth-order valence-electron chi connectivity index (χ4n) is 0.406. The van der Waals surface area contributed by atoms with E-state index in [1.165, 1.54) is 13.8 Å². The Bertz CT molecular complexity index is 257. The van der Waals surface area contributed by atoms with Crippen LogP contribution in [0.4, 0.5) is 0 Å². The quantitative estimate of drug-likeness (QED) is 0.497. The van der Waals surface area contributed by atoms with Gasteiger partial charge in [0.25, 0.3) is 10.2 Å². The molecule has 5 nitrogen and oxygen atoms in total. The normalized spacial score (nSPS) is 13.0. The molecule has 0 unspecified atom stereocenters. The van der Waals surface area contributed by atoms with Gasteiger partial charge in [0.15, 0.2) is 0 Å². The first kappa shape index (κ1) is 10.8. The van der Waals surface area contributed by atoms with Crippen molar-refractivity contribution in [2.75, 3.05) is 0 Å². The minimum Gasteiger partial charge on any atom is -0.392 e. The van der Waals surface area contributed by atoms with Crippen molar-refractivity contribution in [3.05, 3.63) is 0 Å². The second kappa shape index (κ2) is 3.02. The Balaban J connectivity index is 4.51. The van der Waals surface area contributed by atoms with Gasteiger partial charge in [0.2, 0.25) is 0 Å². The number of hydrogen-bond donors (Lipinski definition) is 3. The molecule has 5 N–H and O–H groups in total. The van der Waals surface area contributed by atoms with Crippen molar-refractivity contribution in [1.29, 1.82) is 0 Å². The van der Waals surface area contributed by atoms with Gasteiger partial charge >= 0.3 is 0 Å². The van der Waals surface area contributed by atoms with Crippen LogP contribution in [-0.2, 0) is 10.2 Å². The molecule has 7 heteroatoms. The predicted octanol–water partition coefficient (Wildman–Crippen LogP) is -1.16. The molecule has 0 aromatic rings. The van der Waals surface area contributed by atoms with E-state index < -0.39 is 15.7 Å². The van der Waals surface area contributed by atoms with Gasteiger partial charge in [0, 0.05) is 0 Å². The van der Waals surface area contributed by atoms with E-state index in [4.69, 9.17) is 10.9 Å². The average Bonchev–Trinajstić information content (AvgIpc) is 1.56. The zero-order valence-electron chi connectivity index (χ0n) is 6.29. The van der Waals surface area contributed by atoms with Gasteiger partial charge in [-0.3, -0.25) is 0 Å². The molecule has 0 aromatic carbocycles. The molecule has 0 atom stereocenters. The summed E-state index contributed by atoms with van der Waals surface area (Å²) in [4.78, 5) is 0.0477. The third kappa shape index (κ3) is 4.25. The molecule has 0 saturated heterocycles. The molecule has 0 aliphatic rings. The fraction of sp³-hybridized carbons (Fsp3) is 0.750. The molecule has 0 aliphatic carbocycles. The SMILES string of the molecule is CC(C)(NS(N)(=O)=O)C(N)=S. The Hall–Kier alpha value is -0.240. The molecule has 0 radical (unpaired) electrons. The molecule has 11 heavy (non-hydrogen) atoms. The summed E-state index contributed by atoms with van der Waals surface area (Å²) in [5, 5.41) is 4.71. The van der Waals surface area contributed by atoms with Gasteiger partial charge in [-0.25, -0.2) is 5.14 Å². The van der Waals surface area contributed by atoms with Crippen molar-refractivity contribution in [3.63, 3.8) is 0 Å². The molecule has 0 amide bonds. The highest BCUT2D eigenvalue weighted by atomic mass is 32.2. The topological polar surface area (TPSA) is 98.2 Å². The average molecular weight is 197 g/mol. The van der Waals surface area contributed by atoms with Gasteiger partial charge in [0.1, 0.15) is 0 Å². The molecule has 0 saturated carbocycles. The first-order valence-corrected chi connectivity index (χ1v) is 4.72. The van der Waals surface area contributed by atoms with Crippen molar-refractivity contribution in [2.24, 2.45) is 10.9 Å². The Morgan fingerprint density at radius 2 is 1.91 bits per heavy atom. The zero-order chi connectivity index (χ0) is 9.28. The van der Waals surface area contributed by atoms with Crippen molar-refractivity contribution in [1.82, 2.24) is 4.72 Å². The maximum Gasteiger partial charge on any atom is 0.275 e. The van der Waals surface area contributed by atoms with Gasteiger partial charge < -0.3 is 5.73 Å². The Morgan fingerprint density at radius 3 is 2.00 bits per heavy atom. The highest BCUT2D eigenvalue weighted by Crippen LogP contribution is 2.02. The van der Waals surface area contributed by atoms with Gasteiger partial charge in [-0.2, -0.15) is 13.1 Å². The third-order valence-corrected chi connectivity index (χ3v) is 2.32. The maximum absolute atomic E-state index is 10.5. The summed E-state index contributed by atoms with van der Waals surface area (Å²) in [6.07, 6.45) is 0. The molecule has 0 bridgehead atoms. The lowest BCUT2D eigenvalue weighted by Gasteiger charge is -2.22. The minimum absolute atomic E-state index is 0.0477. The van der Waals surface area contributed by atoms with Crippen LogP contribution in [0.3, 0.4) is 0 Å². The lowest BCUT2D eigenvalue weighted by Crippen LogP contribution is -2.53. The van der Waals surface area contributed by atoms with E-state index in [-0.39, 0.29) is 4.99 Å². The van der Waals surface area contributed by atoms with Crippen molar-refractivity contribution >= 4 is 27.4 Å². The van der Waals surface area contributed by atoms with Gasteiger partial charge in [0.05, 0.1) is 10.5 Å². The summed E-state index contributed by atoms with van der Waals surface area (Å²) >= 11 is 4.59. The predicted molar refractivity (Wildman–Crippen MR) is 47.1 cm³/mol. The summed E-state index contributed by atoms with van der Waals surface area (Å²) in [5.41, 5.74) is 4.26. The van der Waals surface area contributed by atoms with Crippen LogP contribution in [0.15, 0.2) is 0 Å². The first-order chi connectivity index (χ1) is 4.65. The monoisotopic (exact) mass is 197 g/mol. The number of nitrogens with two attached hydrogens (primary N) is 2. The molecule has 0 rings (SSSR count).